The summed E-state index contributed by atoms with van der Waals surface area (Å²) in [6, 6.07) is 12.0. The van der Waals surface area contributed by atoms with E-state index in [1.807, 2.05) is 32.3 Å². The van der Waals surface area contributed by atoms with Gasteiger partial charge in [0.05, 0.1) is 17.4 Å². The van der Waals surface area contributed by atoms with Gasteiger partial charge in [0.1, 0.15) is 17.0 Å². The SMILES string of the molecule is Cc1cc2c(Oc3cc(F)c(NC(=O)C4(C(=O)Nc5ccc(F)cc5)CC4)cc3F)ccnc2cc1-c1cnn(C)c1.Cl. The van der Waals surface area contributed by atoms with Crippen molar-refractivity contribution in [3.8, 4) is 22.6 Å². The van der Waals surface area contributed by atoms with Gasteiger partial charge in [-0.05, 0) is 73.4 Å². The highest BCUT2D eigenvalue weighted by Gasteiger charge is 2.56. The van der Waals surface area contributed by atoms with Crippen LogP contribution in [0.5, 0.6) is 11.5 Å². The zero-order chi connectivity index (χ0) is 29.6. The predicted octanol–water partition coefficient (Wildman–Crippen LogP) is 6.93. The zero-order valence-corrected chi connectivity index (χ0v) is 23.8. The first kappa shape index (κ1) is 29.6. The first-order chi connectivity index (χ1) is 20.1. The number of ether oxygens (including phenoxy) is 1. The number of carbonyl (C=O) groups is 2. The lowest BCUT2D eigenvalue weighted by Gasteiger charge is -2.17. The number of amides is 2. The van der Waals surface area contributed by atoms with Gasteiger partial charge in [-0.2, -0.15) is 5.10 Å². The van der Waals surface area contributed by atoms with Crippen molar-refractivity contribution in [1.29, 1.82) is 0 Å². The van der Waals surface area contributed by atoms with Gasteiger partial charge in [-0.25, -0.2) is 13.2 Å². The zero-order valence-electron chi connectivity index (χ0n) is 23.0. The smallest absolute Gasteiger partial charge is 0.240 e. The molecule has 2 N–H and O–H groups in total. The number of nitrogens with one attached hydrogen (secondary N) is 2. The molecule has 2 heterocycles. The van der Waals surface area contributed by atoms with Crippen LogP contribution in [0.15, 0.2) is 73.2 Å². The maximum Gasteiger partial charge on any atom is 0.240 e. The molecule has 0 radical (unpaired) electrons. The molecule has 0 aliphatic heterocycles. The molecular formula is C31H25ClF3N5O3. The Morgan fingerprint density at radius 3 is 2.33 bits per heavy atom. The summed E-state index contributed by atoms with van der Waals surface area (Å²) in [5.74, 6) is -3.83. The second-order valence-electron chi connectivity index (χ2n) is 10.3. The fourth-order valence-corrected chi connectivity index (χ4v) is 4.77. The van der Waals surface area contributed by atoms with Crippen molar-refractivity contribution in [3.05, 3.63) is 96.2 Å². The number of anilines is 2. The Balaban J connectivity index is 0.00000368. The first-order valence-electron chi connectivity index (χ1n) is 13.1. The van der Waals surface area contributed by atoms with Crippen LogP contribution in [0.25, 0.3) is 22.0 Å². The summed E-state index contributed by atoms with van der Waals surface area (Å²) >= 11 is 0. The van der Waals surface area contributed by atoms with Gasteiger partial charge in [0.25, 0.3) is 0 Å². The van der Waals surface area contributed by atoms with Gasteiger partial charge in [-0.3, -0.25) is 19.3 Å². The Morgan fingerprint density at radius 2 is 1.65 bits per heavy atom. The Hall–Kier alpha value is -4.90. The second kappa shape index (κ2) is 11.4. The second-order valence-corrected chi connectivity index (χ2v) is 10.3. The fraction of sp³-hybridized carbons (Fsp3) is 0.161. The third kappa shape index (κ3) is 5.76. The molecule has 220 valence electrons. The molecule has 1 aliphatic carbocycles. The van der Waals surface area contributed by atoms with Crippen LogP contribution in [0.3, 0.4) is 0 Å². The van der Waals surface area contributed by atoms with Crippen molar-refractivity contribution in [2.45, 2.75) is 19.8 Å². The van der Waals surface area contributed by atoms with Gasteiger partial charge in [-0.1, -0.05) is 0 Å². The maximum atomic E-state index is 15.1. The highest BCUT2D eigenvalue weighted by Crippen LogP contribution is 2.48. The predicted molar refractivity (Wildman–Crippen MR) is 158 cm³/mol. The van der Waals surface area contributed by atoms with E-state index in [1.165, 1.54) is 30.5 Å². The number of aryl methyl sites for hydroxylation is 2. The number of fused-ring (bicyclic) bond motifs is 1. The Bertz CT molecular complexity index is 1870. The van der Waals surface area contributed by atoms with E-state index < -0.39 is 40.4 Å². The van der Waals surface area contributed by atoms with E-state index in [1.54, 1.807) is 16.9 Å². The van der Waals surface area contributed by atoms with Gasteiger partial charge in [0, 0.05) is 48.2 Å². The average Bonchev–Trinajstić information content (AvgIpc) is 3.67. The highest BCUT2D eigenvalue weighted by atomic mass is 35.5. The molecule has 12 heteroatoms. The van der Waals surface area contributed by atoms with Gasteiger partial charge < -0.3 is 15.4 Å². The van der Waals surface area contributed by atoms with Crippen molar-refractivity contribution in [3.63, 3.8) is 0 Å². The third-order valence-electron chi connectivity index (χ3n) is 7.27. The van der Waals surface area contributed by atoms with Crippen molar-refractivity contribution < 1.29 is 27.5 Å². The quantitative estimate of drug-likeness (QED) is 0.196. The van der Waals surface area contributed by atoms with Gasteiger partial charge in [0.15, 0.2) is 17.4 Å². The summed E-state index contributed by atoms with van der Waals surface area (Å²) in [6.45, 7) is 1.92. The number of carbonyl (C=O) groups excluding carboxylic acids is 2. The summed E-state index contributed by atoms with van der Waals surface area (Å²) in [5.41, 5.74) is 1.79. The molecule has 1 aliphatic rings. The van der Waals surface area contributed by atoms with Gasteiger partial charge in [0.2, 0.25) is 11.8 Å². The van der Waals surface area contributed by atoms with E-state index in [-0.39, 0.29) is 36.7 Å². The molecule has 0 atom stereocenters. The molecule has 2 amide bonds. The molecule has 0 saturated heterocycles. The standard InChI is InChI=1S/C31H24F3N5O3.ClH/c1-17-11-22-25(12-21(17)18-15-36-39(2)16-18)35-10-7-27(22)42-28-14-23(33)26(13-24(28)34)38-30(41)31(8-9-31)29(40)37-20-5-3-19(32)4-6-20;/h3-7,10-16H,8-9H2,1-2H3,(H,37,40)(H,38,41);1H. The largest absolute Gasteiger partial charge is 0.453 e. The molecule has 5 aromatic rings. The van der Waals surface area contributed by atoms with Crippen LogP contribution in [0.4, 0.5) is 24.5 Å². The lowest BCUT2D eigenvalue weighted by Crippen LogP contribution is -2.35. The summed E-state index contributed by atoms with van der Waals surface area (Å²) in [4.78, 5) is 30.2. The maximum absolute atomic E-state index is 15.1. The minimum absolute atomic E-state index is 0. The Morgan fingerprint density at radius 1 is 0.930 bits per heavy atom. The average molecular weight is 608 g/mol. The number of nitrogens with zero attached hydrogens (tertiary/aromatic N) is 3. The van der Waals surface area contributed by atoms with E-state index in [4.69, 9.17) is 4.74 Å². The molecule has 43 heavy (non-hydrogen) atoms. The first-order valence-corrected chi connectivity index (χ1v) is 13.1. The third-order valence-corrected chi connectivity index (χ3v) is 7.27. The molecule has 6 rings (SSSR count). The monoisotopic (exact) mass is 607 g/mol. The molecule has 0 spiro atoms. The van der Waals surface area contributed by atoms with Crippen LogP contribution in [0, 0.1) is 29.8 Å². The van der Waals surface area contributed by atoms with E-state index >= 15 is 8.78 Å². The number of pyridine rings is 1. The van der Waals surface area contributed by atoms with Crippen LogP contribution in [-0.4, -0.2) is 26.6 Å². The highest BCUT2D eigenvalue weighted by molar-refractivity contribution is 6.17. The van der Waals surface area contributed by atoms with Crippen molar-refractivity contribution in [2.24, 2.45) is 12.5 Å². The summed E-state index contributed by atoms with van der Waals surface area (Å²) in [7, 11) is 1.82. The molecule has 0 bridgehead atoms. The van der Waals surface area contributed by atoms with Crippen LogP contribution >= 0.6 is 12.4 Å². The van der Waals surface area contributed by atoms with Crippen molar-refractivity contribution in [1.82, 2.24) is 14.8 Å². The van der Waals surface area contributed by atoms with Crippen LogP contribution in [0.2, 0.25) is 0 Å². The van der Waals surface area contributed by atoms with E-state index in [0.717, 1.165) is 28.8 Å². The van der Waals surface area contributed by atoms with E-state index in [9.17, 15) is 14.0 Å². The number of aromatic nitrogens is 3. The van der Waals surface area contributed by atoms with Gasteiger partial charge in [-0.15, -0.1) is 12.4 Å². The molecule has 2 aromatic heterocycles. The van der Waals surface area contributed by atoms with E-state index in [0.29, 0.717) is 16.6 Å². The summed E-state index contributed by atoms with van der Waals surface area (Å²) < 4.78 is 50.9. The molecule has 8 nitrogen and oxygen atoms in total. The summed E-state index contributed by atoms with van der Waals surface area (Å²) in [6.07, 6.45) is 5.60. The Kier molecular flexibility index (Phi) is 7.85. The molecular weight excluding hydrogens is 583 g/mol. The molecule has 1 saturated carbocycles. The van der Waals surface area contributed by atoms with Crippen molar-refractivity contribution >= 4 is 46.5 Å². The molecule has 3 aromatic carbocycles. The van der Waals surface area contributed by atoms with Gasteiger partial charge >= 0.3 is 0 Å². The Labute approximate surface area is 250 Å². The topological polar surface area (TPSA) is 98.1 Å². The van der Waals surface area contributed by atoms with E-state index in [2.05, 4.69) is 20.7 Å². The van der Waals surface area contributed by atoms with Crippen molar-refractivity contribution in [2.75, 3.05) is 10.6 Å². The number of hydrogen-bond acceptors (Lipinski definition) is 5. The lowest BCUT2D eigenvalue weighted by atomic mass is 10.0. The minimum Gasteiger partial charge on any atom is -0.453 e. The number of rotatable bonds is 7. The fourth-order valence-electron chi connectivity index (χ4n) is 4.77. The molecule has 1 fully saturated rings. The van der Waals surface area contributed by atoms with Crippen LogP contribution in [0.1, 0.15) is 18.4 Å². The normalized spacial score (nSPS) is 13.2. The number of halogens is 4. The minimum atomic E-state index is -1.44. The number of hydrogen-bond donors (Lipinski definition) is 2. The lowest BCUT2D eigenvalue weighted by molar-refractivity contribution is -0.131. The van der Waals surface area contributed by atoms with Crippen LogP contribution < -0.4 is 15.4 Å². The molecule has 0 unspecified atom stereocenters. The number of benzene rings is 3. The summed E-state index contributed by atoms with van der Waals surface area (Å²) in [5, 5.41) is 9.72. The van der Waals surface area contributed by atoms with Crippen LogP contribution in [-0.2, 0) is 16.6 Å².